The highest BCUT2D eigenvalue weighted by atomic mass is 32.2. The fourth-order valence-electron chi connectivity index (χ4n) is 2.88. The van der Waals surface area contributed by atoms with Gasteiger partial charge >= 0.3 is 0 Å². The number of likely N-dealkylation sites (N-methyl/N-ethyl adjacent to an activating group) is 1. The summed E-state index contributed by atoms with van der Waals surface area (Å²) >= 11 is 0. The van der Waals surface area contributed by atoms with E-state index in [1.165, 1.54) is 12.1 Å². The summed E-state index contributed by atoms with van der Waals surface area (Å²) in [7, 11) is -1.54. The molecule has 3 rings (SSSR count). The van der Waals surface area contributed by atoms with Gasteiger partial charge in [-0.1, -0.05) is 6.07 Å². The van der Waals surface area contributed by atoms with Crippen molar-refractivity contribution in [3.63, 3.8) is 0 Å². The number of primary sulfonamides is 1. The number of ether oxygens (including phenoxy) is 1. The van der Waals surface area contributed by atoms with Crippen LogP contribution in [-0.2, 0) is 10.0 Å². The molecule has 1 aliphatic rings. The van der Waals surface area contributed by atoms with Gasteiger partial charge in [0.25, 0.3) is 0 Å². The molecule has 2 aromatic carbocycles. The molecule has 1 fully saturated rings. The monoisotopic (exact) mass is 361 g/mol. The van der Waals surface area contributed by atoms with Crippen LogP contribution >= 0.6 is 0 Å². The van der Waals surface area contributed by atoms with Gasteiger partial charge in [0.1, 0.15) is 11.5 Å². The molecule has 6 nitrogen and oxygen atoms in total. The molecule has 1 saturated heterocycles. The molecule has 0 aliphatic carbocycles. The van der Waals surface area contributed by atoms with Crippen LogP contribution in [0.5, 0.6) is 11.5 Å². The lowest BCUT2D eigenvalue weighted by atomic mass is 10.2. The molecular weight excluding hydrogens is 338 g/mol. The summed E-state index contributed by atoms with van der Waals surface area (Å²) in [6.45, 7) is 4.17. The van der Waals surface area contributed by atoms with Crippen molar-refractivity contribution in [1.82, 2.24) is 4.90 Å². The third kappa shape index (κ3) is 4.72. The standard InChI is InChI=1S/C18H23N3O3S/c1-20-10-3-11-21(13-12-20)15-4-2-5-17(14-15)24-16-6-8-18(9-7-16)25(19,22)23/h2,4-9,14H,3,10-13H2,1H3,(H2,19,22,23). The smallest absolute Gasteiger partial charge is 0.238 e. The van der Waals surface area contributed by atoms with Crippen molar-refractivity contribution in [3.05, 3.63) is 48.5 Å². The lowest BCUT2D eigenvalue weighted by Gasteiger charge is -2.23. The fraction of sp³-hybridized carbons (Fsp3) is 0.333. The van der Waals surface area contributed by atoms with Crippen molar-refractivity contribution in [2.75, 3.05) is 38.1 Å². The zero-order chi connectivity index (χ0) is 17.9. The molecule has 2 N–H and O–H groups in total. The number of anilines is 1. The second kappa shape index (κ2) is 7.43. The number of hydrogen-bond acceptors (Lipinski definition) is 5. The summed E-state index contributed by atoms with van der Waals surface area (Å²) in [4.78, 5) is 4.77. The molecule has 0 aromatic heterocycles. The first-order chi connectivity index (χ1) is 11.9. The van der Waals surface area contributed by atoms with E-state index in [4.69, 9.17) is 9.88 Å². The van der Waals surface area contributed by atoms with E-state index in [-0.39, 0.29) is 4.90 Å². The van der Waals surface area contributed by atoms with Gasteiger partial charge in [0.15, 0.2) is 0 Å². The minimum Gasteiger partial charge on any atom is -0.457 e. The van der Waals surface area contributed by atoms with Crippen molar-refractivity contribution < 1.29 is 13.2 Å². The van der Waals surface area contributed by atoms with Crippen LogP contribution < -0.4 is 14.8 Å². The van der Waals surface area contributed by atoms with E-state index < -0.39 is 10.0 Å². The molecule has 0 spiro atoms. The SMILES string of the molecule is CN1CCCN(c2cccc(Oc3ccc(S(N)(=O)=O)cc3)c2)CC1. The summed E-state index contributed by atoms with van der Waals surface area (Å²) in [5.41, 5.74) is 1.13. The van der Waals surface area contributed by atoms with E-state index in [9.17, 15) is 8.42 Å². The Balaban J connectivity index is 1.73. The highest BCUT2D eigenvalue weighted by molar-refractivity contribution is 7.89. The van der Waals surface area contributed by atoms with E-state index in [0.29, 0.717) is 5.75 Å². The fourth-order valence-corrected chi connectivity index (χ4v) is 3.40. The van der Waals surface area contributed by atoms with Crippen LogP contribution in [0, 0.1) is 0 Å². The average molecular weight is 361 g/mol. The van der Waals surface area contributed by atoms with Crippen LogP contribution in [0.1, 0.15) is 6.42 Å². The largest absolute Gasteiger partial charge is 0.457 e. The van der Waals surface area contributed by atoms with Crippen LogP contribution in [0.2, 0.25) is 0 Å². The van der Waals surface area contributed by atoms with Gasteiger partial charge in [0.2, 0.25) is 10.0 Å². The number of hydrogen-bond donors (Lipinski definition) is 1. The minimum atomic E-state index is -3.69. The lowest BCUT2D eigenvalue weighted by Crippen LogP contribution is -2.28. The molecule has 1 heterocycles. The Morgan fingerprint density at radius 2 is 1.72 bits per heavy atom. The summed E-state index contributed by atoms with van der Waals surface area (Å²) in [5.74, 6) is 1.29. The molecule has 0 unspecified atom stereocenters. The minimum absolute atomic E-state index is 0.0716. The zero-order valence-electron chi connectivity index (χ0n) is 14.3. The maximum Gasteiger partial charge on any atom is 0.238 e. The van der Waals surface area contributed by atoms with Crippen molar-refractivity contribution in [3.8, 4) is 11.5 Å². The molecule has 2 aromatic rings. The molecule has 0 amide bonds. The number of benzene rings is 2. The molecule has 0 atom stereocenters. The number of rotatable bonds is 4. The maximum atomic E-state index is 11.3. The lowest BCUT2D eigenvalue weighted by molar-refractivity contribution is 0.360. The predicted molar refractivity (Wildman–Crippen MR) is 98.7 cm³/mol. The molecule has 0 saturated carbocycles. The third-order valence-electron chi connectivity index (χ3n) is 4.29. The van der Waals surface area contributed by atoms with Crippen LogP contribution in [0.15, 0.2) is 53.4 Å². The van der Waals surface area contributed by atoms with Gasteiger partial charge in [0, 0.05) is 31.4 Å². The summed E-state index contributed by atoms with van der Waals surface area (Å²) in [5, 5.41) is 5.11. The van der Waals surface area contributed by atoms with Gasteiger partial charge in [-0.3, -0.25) is 0 Å². The van der Waals surface area contributed by atoms with E-state index >= 15 is 0 Å². The predicted octanol–water partition coefficient (Wildman–Crippen LogP) is 2.27. The Morgan fingerprint density at radius 3 is 2.44 bits per heavy atom. The first kappa shape index (κ1) is 17.7. The van der Waals surface area contributed by atoms with Crippen molar-refractivity contribution >= 4 is 15.7 Å². The first-order valence-corrected chi connectivity index (χ1v) is 9.81. The van der Waals surface area contributed by atoms with Gasteiger partial charge in [-0.15, -0.1) is 0 Å². The quantitative estimate of drug-likeness (QED) is 0.904. The summed E-state index contributed by atoms with van der Waals surface area (Å²) in [6.07, 6.45) is 1.14. The van der Waals surface area contributed by atoms with Crippen LogP contribution in [0.25, 0.3) is 0 Å². The maximum absolute atomic E-state index is 11.3. The molecule has 0 bridgehead atoms. The van der Waals surface area contributed by atoms with Crippen molar-refractivity contribution in [2.45, 2.75) is 11.3 Å². The van der Waals surface area contributed by atoms with Gasteiger partial charge in [-0.05, 0) is 56.4 Å². The van der Waals surface area contributed by atoms with E-state index in [0.717, 1.165) is 44.0 Å². The zero-order valence-corrected chi connectivity index (χ0v) is 15.1. The first-order valence-electron chi connectivity index (χ1n) is 8.26. The number of nitrogens with two attached hydrogens (primary N) is 1. The van der Waals surface area contributed by atoms with Gasteiger partial charge in [-0.25, -0.2) is 13.6 Å². The topological polar surface area (TPSA) is 75.9 Å². The molecule has 1 aliphatic heterocycles. The Bertz CT molecular complexity index is 822. The van der Waals surface area contributed by atoms with Gasteiger partial charge < -0.3 is 14.5 Å². The normalized spacial score (nSPS) is 16.5. The van der Waals surface area contributed by atoms with Crippen molar-refractivity contribution in [2.24, 2.45) is 5.14 Å². The summed E-state index contributed by atoms with van der Waals surface area (Å²) in [6, 6.07) is 14.1. The van der Waals surface area contributed by atoms with Gasteiger partial charge in [0.05, 0.1) is 4.90 Å². The van der Waals surface area contributed by atoms with Crippen LogP contribution in [-0.4, -0.2) is 46.5 Å². The highest BCUT2D eigenvalue weighted by Crippen LogP contribution is 2.27. The average Bonchev–Trinajstić information content (AvgIpc) is 2.79. The molecule has 134 valence electrons. The van der Waals surface area contributed by atoms with Gasteiger partial charge in [-0.2, -0.15) is 0 Å². The summed E-state index contributed by atoms with van der Waals surface area (Å²) < 4.78 is 28.5. The van der Waals surface area contributed by atoms with E-state index in [1.54, 1.807) is 12.1 Å². The molecular formula is C18H23N3O3S. The second-order valence-electron chi connectivity index (χ2n) is 6.26. The van der Waals surface area contributed by atoms with E-state index in [1.807, 2.05) is 18.2 Å². The Hall–Kier alpha value is -2.09. The number of sulfonamides is 1. The Labute approximate surface area is 148 Å². The Kier molecular flexibility index (Phi) is 5.27. The third-order valence-corrected chi connectivity index (χ3v) is 5.22. The van der Waals surface area contributed by atoms with Crippen molar-refractivity contribution in [1.29, 1.82) is 0 Å². The number of nitrogens with zero attached hydrogens (tertiary/aromatic N) is 2. The van der Waals surface area contributed by atoms with Crippen LogP contribution in [0.4, 0.5) is 5.69 Å². The molecule has 25 heavy (non-hydrogen) atoms. The Morgan fingerprint density at radius 1 is 0.960 bits per heavy atom. The molecule has 7 heteroatoms. The highest BCUT2D eigenvalue weighted by Gasteiger charge is 2.13. The van der Waals surface area contributed by atoms with Crippen LogP contribution in [0.3, 0.4) is 0 Å². The molecule has 0 radical (unpaired) electrons. The second-order valence-corrected chi connectivity index (χ2v) is 7.82. The van der Waals surface area contributed by atoms with E-state index in [2.05, 4.69) is 22.9 Å².